The molecule has 4 heterocycles. The minimum atomic E-state index is -0.251. The summed E-state index contributed by atoms with van der Waals surface area (Å²) in [5, 5.41) is 7.32. The number of benzene rings is 1. The first-order chi connectivity index (χ1) is 14.0. The number of aromatic nitrogens is 3. The van der Waals surface area contributed by atoms with E-state index in [4.69, 9.17) is 9.47 Å². The van der Waals surface area contributed by atoms with Crippen LogP contribution in [0.3, 0.4) is 0 Å². The monoisotopic (exact) mass is 393 g/mol. The van der Waals surface area contributed by atoms with E-state index in [1.165, 1.54) is 0 Å². The van der Waals surface area contributed by atoms with E-state index in [1.807, 2.05) is 18.2 Å². The zero-order valence-corrected chi connectivity index (χ0v) is 16.5. The molecule has 8 heteroatoms. The number of nitrogens with one attached hydrogen (secondary N) is 1. The van der Waals surface area contributed by atoms with Gasteiger partial charge in [0.1, 0.15) is 11.4 Å². The van der Waals surface area contributed by atoms with Crippen molar-refractivity contribution in [3.05, 3.63) is 47.9 Å². The van der Waals surface area contributed by atoms with Gasteiger partial charge in [0, 0.05) is 37.3 Å². The molecule has 0 saturated carbocycles. The van der Waals surface area contributed by atoms with Crippen LogP contribution in [0.5, 0.6) is 5.75 Å². The van der Waals surface area contributed by atoms with E-state index < -0.39 is 0 Å². The number of nitrogens with zero attached hydrogens (tertiary/aromatic N) is 4. The zero-order valence-electron chi connectivity index (χ0n) is 16.5. The molecule has 1 aromatic carbocycles. The largest absolute Gasteiger partial charge is 0.487 e. The van der Waals surface area contributed by atoms with Gasteiger partial charge in [-0.15, -0.1) is 0 Å². The molecule has 150 valence electrons. The van der Waals surface area contributed by atoms with E-state index in [0.717, 1.165) is 42.2 Å². The van der Waals surface area contributed by atoms with Crippen LogP contribution in [0.2, 0.25) is 0 Å². The van der Waals surface area contributed by atoms with Gasteiger partial charge in [0.15, 0.2) is 11.3 Å². The Morgan fingerprint density at radius 3 is 2.90 bits per heavy atom. The van der Waals surface area contributed by atoms with Crippen molar-refractivity contribution in [1.82, 2.24) is 14.6 Å². The Bertz CT molecular complexity index is 1090. The molecular formula is C21H23N5O3. The van der Waals surface area contributed by atoms with Gasteiger partial charge in [-0.3, -0.25) is 4.79 Å². The number of fused-ring (bicyclic) bond motifs is 2. The summed E-state index contributed by atoms with van der Waals surface area (Å²) < 4.78 is 13.2. The summed E-state index contributed by atoms with van der Waals surface area (Å²) in [4.78, 5) is 19.6. The molecule has 2 aliphatic heterocycles. The predicted molar refractivity (Wildman–Crippen MR) is 109 cm³/mol. The molecule has 0 aliphatic carbocycles. The fraction of sp³-hybridized carbons (Fsp3) is 0.381. The third-order valence-electron chi connectivity index (χ3n) is 5.29. The number of amides is 1. The smallest absolute Gasteiger partial charge is 0.276 e. The van der Waals surface area contributed by atoms with Crippen LogP contribution in [0.1, 0.15) is 29.9 Å². The molecule has 1 fully saturated rings. The van der Waals surface area contributed by atoms with Gasteiger partial charge in [0.25, 0.3) is 5.91 Å². The average Bonchev–Trinajstić information content (AvgIpc) is 3.27. The number of rotatable bonds is 3. The maximum Gasteiger partial charge on any atom is 0.276 e. The number of carbonyl (C=O) groups is 1. The van der Waals surface area contributed by atoms with Gasteiger partial charge in [0.05, 0.1) is 30.8 Å². The lowest BCUT2D eigenvalue weighted by molar-refractivity contribution is 0.102. The molecule has 0 spiro atoms. The van der Waals surface area contributed by atoms with Gasteiger partial charge in [-0.05, 0) is 32.0 Å². The first kappa shape index (κ1) is 17.9. The molecule has 1 saturated heterocycles. The molecule has 1 N–H and O–H groups in total. The minimum absolute atomic E-state index is 0.246. The molecule has 2 aromatic heterocycles. The second kappa shape index (κ2) is 6.73. The Kier molecular flexibility index (Phi) is 4.16. The Morgan fingerprint density at radius 1 is 1.24 bits per heavy atom. The third-order valence-corrected chi connectivity index (χ3v) is 5.29. The van der Waals surface area contributed by atoms with E-state index in [0.29, 0.717) is 24.6 Å². The van der Waals surface area contributed by atoms with Crippen molar-refractivity contribution >= 4 is 22.9 Å². The number of morpholine rings is 1. The topological polar surface area (TPSA) is 81.0 Å². The molecule has 0 unspecified atom stereocenters. The number of ether oxygens (including phenoxy) is 2. The van der Waals surface area contributed by atoms with Gasteiger partial charge in [0.2, 0.25) is 0 Å². The van der Waals surface area contributed by atoms with Crippen LogP contribution >= 0.6 is 0 Å². The highest BCUT2D eigenvalue weighted by Crippen LogP contribution is 2.41. The first-order valence-corrected chi connectivity index (χ1v) is 9.79. The summed E-state index contributed by atoms with van der Waals surface area (Å²) in [6.07, 6.45) is 3.98. The maximum atomic E-state index is 13.1. The summed E-state index contributed by atoms with van der Waals surface area (Å²) in [6.45, 7) is 7.00. The number of carbonyl (C=O) groups excluding carboxylic acids is 1. The summed E-state index contributed by atoms with van der Waals surface area (Å²) in [7, 11) is 0. The number of anilines is 2. The summed E-state index contributed by atoms with van der Waals surface area (Å²) in [6, 6.07) is 7.68. The Hall–Kier alpha value is -3.13. The quantitative estimate of drug-likeness (QED) is 0.737. The molecule has 5 rings (SSSR count). The Balaban J connectivity index is 1.52. The van der Waals surface area contributed by atoms with Gasteiger partial charge in [-0.1, -0.05) is 0 Å². The van der Waals surface area contributed by atoms with Crippen LogP contribution in [0.15, 0.2) is 36.7 Å². The molecule has 1 amide bonds. The maximum absolute atomic E-state index is 13.1. The fourth-order valence-corrected chi connectivity index (χ4v) is 3.98. The highest BCUT2D eigenvalue weighted by Gasteiger charge is 2.32. The number of imidazole rings is 1. The van der Waals surface area contributed by atoms with Crippen LogP contribution in [0.4, 0.5) is 11.4 Å². The lowest BCUT2D eigenvalue weighted by Gasteiger charge is -2.31. The van der Waals surface area contributed by atoms with Crippen molar-refractivity contribution < 1.29 is 14.3 Å². The normalized spacial score (nSPS) is 17.8. The summed E-state index contributed by atoms with van der Waals surface area (Å²) in [5.41, 5.74) is 3.58. The minimum Gasteiger partial charge on any atom is -0.487 e. The lowest BCUT2D eigenvalue weighted by atomic mass is 10.0. The highest BCUT2D eigenvalue weighted by atomic mass is 16.5. The van der Waals surface area contributed by atoms with Crippen molar-refractivity contribution in [2.24, 2.45) is 0 Å². The number of hydrogen-bond acceptors (Lipinski definition) is 6. The van der Waals surface area contributed by atoms with E-state index in [-0.39, 0.29) is 11.5 Å². The van der Waals surface area contributed by atoms with Crippen molar-refractivity contribution in [2.75, 3.05) is 36.5 Å². The van der Waals surface area contributed by atoms with Crippen LogP contribution < -0.4 is 15.0 Å². The van der Waals surface area contributed by atoms with Gasteiger partial charge in [-0.25, -0.2) is 9.50 Å². The van der Waals surface area contributed by atoms with E-state index in [2.05, 4.69) is 34.1 Å². The second-order valence-corrected chi connectivity index (χ2v) is 8.01. The Labute approximate surface area is 168 Å². The predicted octanol–water partition coefficient (Wildman–Crippen LogP) is 2.53. The van der Waals surface area contributed by atoms with Gasteiger partial charge in [-0.2, -0.15) is 5.10 Å². The Morgan fingerprint density at radius 2 is 2.07 bits per heavy atom. The number of hydrogen-bond donors (Lipinski definition) is 1. The van der Waals surface area contributed by atoms with Crippen LogP contribution in [-0.4, -0.2) is 52.4 Å². The second-order valence-electron chi connectivity index (χ2n) is 8.01. The molecule has 8 nitrogen and oxygen atoms in total. The highest BCUT2D eigenvalue weighted by molar-refractivity contribution is 6.05. The van der Waals surface area contributed by atoms with Crippen molar-refractivity contribution in [2.45, 2.75) is 25.9 Å². The van der Waals surface area contributed by atoms with Crippen LogP contribution in [-0.2, 0) is 11.2 Å². The fourth-order valence-electron chi connectivity index (χ4n) is 3.98. The lowest BCUT2D eigenvalue weighted by Crippen LogP contribution is -2.36. The van der Waals surface area contributed by atoms with E-state index in [9.17, 15) is 4.79 Å². The summed E-state index contributed by atoms with van der Waals surface area (Å²) >= 11 is 0. The average molecular weight is 393 g/mol. The zero-order chi connectivity index (χ0) is 20.0. The van der Waals surface area contributed by atoms with Crippen molar-refractivity contribution in [3.63, 3.8) is 0 Å². The van der Waals surface area contributed by atoms with Gasteiger partial charge < -0.3 is 19.7 Å². The summed E-state index contributed by atoms with van der Waals surface area (Å²) in [5.74, 6) is 0.634. The van der Waals surface area contributed by atoms with Crippen molar-refractivity contribution in [1.29, 1.82) is 0 Å². The van der Waals surface area contributed by atoms with Gasteiger partial charge >= 0.3 is 0 Å². The molecule has 3 aromatic rings. The first-order valence-electron chi connectivity index (χ1n) is 9.79. The standard InChI is InChI=1S/C21H23N5O3/c1-21(2)12-14-10-15(16(11-18(14)29-21)25-6-8-28-9-7-25)24-20(27)17-13-22-19-4-3-5-23-26(17)19/h3-5,10-11,13H,6-9,12H2,1-2H3,(H,24,27). The molecule has 2 aliphatic rings. The molecular weight excluding hydrogens is 370 g/mol. The molecule has 0 atom stereocenters. The molecule has 29 heavy (non-hydrogen) atoms. The third kappa shape index (κ3) is 3.29. The van der Waals surface area contributed by atoms with Crippen LogP contribution in [0, 0.1) is 0 Å². The van der Waals surface area contributed by atoms with E-state index in [1.54, 1.807) is 23.0 Å². The molecule has 0 radical (unpaired) electrons. The van der Waals surface area contributed by atoms with Crippen molar-refractivity contribution in [3.8, 4) is 5.75 Å². The van der Waals surface area contributed by atoms with E-state index >= 15 is 0 Å². The SMILES string of the molecule is CC1(C)Cc2cc(NC(=O)c3cnc4cccnn34)c(N3CCOCC3)cc2O1. The molecule has 0 bridgehead atoms. The van der Waals surface area contributed by atoms with Crippen LogP contribution in [0.25, 0.3) is 5.65 Å².